The van der Waals surface area contributed by atoms with Crippen LogP contribution in [0.3, 0.4) is 0 Å². The first-order valence-corrected chi connectivity index (χ1v) is 9.92. The minimum Gasteiger partial charge on any atom is -0.461 e. The lowest BCUT2D eigenvalue weighted by atomic mass is 9.89. The minimum atomic E-state index is -0.842. The van der Waals surface area contributed by atoms with Crippen LogP contribution in [0.1, 0.15) is 42.5 Å². The quantitative estimate of drug-likeness (QED) is 0.462. The summed E-state index contributed by atoms with van der Waals surface area (Å²) in [4.78, 5) is 45.5. The van der Waals surface area contributed by atoms with Crippen LogP contribution in [0.15, 0.2) is 36.7 Å². The SMILES string of the molecule is O=C1c2cccnc2C(=O)c2c1c(C(=O)OCCN1CCOCC1)c1c(F)cccn21. The Balaban J connectivity index is 1.56. The molecule has 158 valence electrons. The van der Waals surface area contributed by atoms with Crippen LogP contribution in [0.2, 0.25) is 0 Å². The highest BCUT2D eigenvalue weighted by atomic mass is 19.1. The number of carbonyl (C=O) groups excluding carboxylic acids is 3. The molecule has 0 N–H and O–H groups in total. The molecule has 4 heterocycles. The van der Waals surface area contributed by atoms with E-state index in [1.807, 2.05) is 0 Å². The summed E-state index contributed by atoms with van der Waals surface area (Å²) in [7, 11) is 0. The van der Waals surface area contributed by atoms with Crippen LogP contribution in [0.25, 0.3) is 5.52 Å². The summed E-state index contributed by atoms with van der Waals surface area (Å²) in [6, 6.07) is 5.58. The average molecular weight is 423 g/mol. The molecule has 1 fully saturated rings. The van der Waals surface area contributed by atoms with Crippen LogP contribution in [0.4, 0.5) is 4.39 Å². The van der Waals surface area contributed by atoms with Crippen molar-refractivity contribution in [1.82, 2.24) is 14.3 Å². The van der Waals surface area contributed by atoms with E-state index in [0.29, 0.717) is 19.8 Å². The topological polar surface area (TPSA) is 90.2 Å². The highest BCUT2D eigenvalue weighted by Gasteiger charge is 2.40. The summed E-state index contributed by atoms with van der Waals surface area (Å²) >= 11 is 0. The van der Waals surface area contributed by atoms with Gasteiger partial charge in [0.05, 0.1) is 29.9 Å². The predicted octanol–water partition coefficient (Wildman–Crippen LogP) is 1.74. The number of fused-ring (bicyclic) bond motifs is 4. The second kappa shape index (κ2) is 7.68. The first kappa shape index (κ1) is 19.5. The summed E-state index contributed by atoms with van der Waals surface area (Å²) < 4.78 is 26.7. The van der Waals surface area contributed by atoms with Crippen molar-refractivity contribution in [3.8, 4) is 0 Å². The predicted molar refractivity (Wildman–Crippen MR) is 106 cm³/mol. The van der Waals surface area contributed by atoms with Gasteiger partial charge in [-0.2, -0.15) is 0 Å². The Kier molecular flexibility index (Phi) is 4.84. The van der Waals surface area contributed by atoms with Gasteiger partial charge >= 0.3 is 5.97 Å². The highest BCUT2D eigenvalue weighted by molar-refractivity contribution is 6.31. The summed E-state index contributed by atoms with van der Waals surface area (Å²) in [5, 5.41) is 0. The van der Waals surface area contributed by atoms with Crippen LogP contribution in [-0.4, -0.2) is 71.3 Å². The van der Waals surface area contributed by atoms with Crippen molar-refractivity contribution in [2.75, 3.05) is 39.5 Å². The van der Waals surface area contributed by atoms with Gasteiger partial charge in [-0.05, 0) is 24.3 Å². The summed E-state index contributed by atoms with van der Waals surface area (Å²) in [6.07, 6.45) is 2.85. The van der Waals surface area contributed by atoms with Crippen LogP contribution in [-0.2, 0) is 9.47 Å². The Morgan fingerprint density at radius 1 is 1.16 bits per heavy atom. The maximum Gasteiger partial charge on any atom is 0.341 e. The Hall–Kier alpha value is -3.43. The number of hydrogen-bond donors (Lipinski definition) is 0. The number of morpholine rings is 1. The Morgan fingerprint density at radius 3 is 2.77 bits per heavy atom. The molecule has 9 heteroatoms. The number of rotatable bonds is 4. The van der Waals surface area contributed by atoms with Gasteiger partial charge in [0.25, 0.3) is 0 Å². The van der Waals surface area contributed by atoms with Crippen LogP contribution >= 0.6 is 0 Å². The van der Waals surface area contributed by atoms with Crippen molar-refractivity contribution in [2.45, 2.75) is 0 Å². The molecule has 0 radical (unpaired) electrons. The van der Waals surface area contributed by atoms with Crippen molar-refractivity contribution in [1.29, 1.82) is 0 Å². The van der Waals surface area contributed by atoms with Crippen LogP contribution in [0, 0.1) is 5.82 Å². The van der Waals surface area contributed by atoms with Gasteiger partial charge in [-0.3, -0.25) is 19.5 Å². The Labute approximate surface area is 176 Å². The van der Waals surface area contributed by atoms with E-state index in [1.165, 1.54) is 41.1 Å². The van der Waals surface area contributed by atoms with Crippen molar-refractivity contribution in [3.63, 3.8) is 0 Å². The molecule has 0 amide bonds. The lowest BCUT2D eigenvalue weighted by Gasteiger charge is -2.26. The van der Waals surface area contributed by atoms with E-state index in [9.17, 15) is 18.8 Å². The molecular weight excluding hydrogens is 405 g/mol. The number of ketones is 2. The molecule has 0 unspecified atom stereocenters. The number of pyridine rings is 2. The van der Waals surface area contributed by atoms with Crippen molar-refractivity contribution >= 4 is 23.1 Å². The molecule has 1 saturated heterocycles. The second-order valence-corrected chi connectivity index (χ2v) is 7.32. The van der Waals surface area contributed by atoms with E-state index in [2.05, 4.69) is 9.88 Å². The number of carbonyl (C=O) groups is 3. The maximum absolute atomic E-state index is 14.8. The number of ether oxygens (including phenoxy) is 2. The molecule has 5 rings (SSSR count). The molecule has 8 nitrogen and oxygen atoms in total. The first-order chi connectivity index (χ1) is 15.1. The summed E-state index contributed by atoms with van der Waals surface area (Å²) in [6.45, 7) is 3.24. The molecule has 0 bridgehead atoms. The van der Waals surface area contributed by atoms with Gasteiger partial charge in [0.1, 0.15) is 29.4 Å². The number of hydrogen-bond acceptors (Lipinski definition) is 7. The molecule has 0 aromatic carbocycles. The van der Waals surface area contributed by atoms with Crippen LogP contribution in [0.5, 0.6) is 0 Å². The van der Waals surface area contributed by atoms with E-state index >= 15 is 0 Å². The molecule has 1 aliphatic heterocycles. The zero-order chi connectivity index (χ0) is 21.5. The number of esters is 1. The van der Waals surface area contributed by atoms with Gasteiger partial charge in [0, 0.05) is 32.0 Å². The Morgan fingerprint density at radius 2 is 1.97 bits per heavy atom. The third-order valence-electron chi connectivity index (χ3n) is 5.57. The first-order valence-electron chi connectivity index (χ1n) is 9.92. The molecule has 3 aromatic heterocycles. The standard InChI is InChI=1S/C22H18FN3O5/c23-14-4-2-6-26-18(14)16(22(29)31-12-9-25-7-10-30-11-8-25)15-19(26)21(28)17-13(20(15)27)3-1-5-24-17/h1-6H,7-12H2. The van der Waals surface area contributed by atoms with Gasteiger partial charge < -0.3 is 13.9 Å². The molecular formula is C22H18FN3O5. The number of aromatic nitrogens is 2. The summed E-state index contributed by atoms with van der Waals surface area (Å²) in [5.41, 5.74) is -0.548. The largest absolute Gasteiger partial charge is 0.461 e. The van der Waals surface area contributed by atoms with Gasteiger partial charge in [-0.25, -0.2) is 9.18 Å². The molecule has 31 heavy (non-hydrogen) atoms. The number of nitrogens with zero attached hydrogens (tertiary/aromatic N) is 3. The van der Waals surface area contributed by atoms with Crippen molar-refractivity contribution in [2.24, 2.45) is 0 Å². The summed E-state index contributed by atoms with van der Waals surface area (Å²) in [5.74, 6) is -2.67. The third-order valence-corrected chi connectivity index (χ3v) is 5.57. The van der Waals surface area contributed by atoms with Crippen LogP contribution < -0.4 is 0 Å². The molecule has 0 atom stereocenters. The lowest BCUT2D eigenvalue weighted by Crippen LogP contribution is -2.38. The number of halogens is 1. The average Bonchev–Trinajstić information content (AvgIpc) is 3.15. The highest BCUT2D eigenvalue weighted by Crippen LogP contribution is 2.34. The molecule has 1 aliphatic carbocycles. The minimum absolute atomic E-state index is 0.0177. The molecule has 0 saturated carbocycles. The molecule has 2 aliphatic rings. The van der Waals surface area contributed by atoms with E-state index in [1.54, 1.807) is 0 Å². The van der Waals surface area contributed by atoms with Gasteiger partial charge in [-0.15, -0.1) is 0 Å². The fourth-order valence-electron chi connectivity index (χ4n) is 4.09. The Bertz CT molecular complexity index is 1230. The fourth-order valence-corrected chi connectivity index (χ4v) is 4.09. The maximum atomic E-state index is 14.8. The van der Waals surface area contributed by atoms with Crippen molar-refractivity contribution < 1.29 is 28.2 Å². The normalized spacial score (nSPS) is 16.3. The smallest absolute Gasteiger partial charge is 0.341 e. The third kappa shape index (κ3) is 3.13. The second-order valence-electron chi connectivity index (χ2n) is 7.32. The monoisotopic (exact) mass is 423 g/mol. The van der Waals surface area contributed by atoms with E-state index in [0.717, 1.165) is 13.1 Å². The van der Waals surface area contributed by atoms with E-state index < -0.39 is 23.4 Å². The lowest BCUT2D eigenvalue weighted by molar-refractivity contribution is 0.0195. The van der Waals surface area contributed by atoms with Gasteiger partial charge in [0.15, 0.2) is 5.78 Å². The van der Waals surface area contributed by atoms with Gasteiger partial charge in [-0.1, -0.05) is 0 Å². The van der Waals surface area contributed by atoms with E-state index in [-0.39, 0.29) is 40.2 Å². The van der Waals surface area contributed by atoms with E-state index in [4.69, 9.17) is 9.47 Å². The van der Waals surface area contributed by atoms with Gasteiger partial charge in [0.2, 0.25) is 5.78 Å². The zero-order valence-corrected chi connectivity index (χ0v) is 16.5. The van der Waals surface area contributed by atoms with Crippen molar-refractivity contribution in [3.05, 3.63) is 70.6 Å². The molecule has 3 aromatic rings. The zero-order valence-electron chi connectivity index (χ0n) is 16.5. The molecule has 0 spiro atoms. The fraction of sp³-hybridized carbons (Fsp3) is 0.273.